The number of sulfonamides is 1. The highest BCUT2D eigenvalue weighted by molar-refractivity contribution is 7.89. The predicted molar refractivity (Wildman–Crippen MR) is 80.1 cm³/mol. The first kappa shape index (κ1) is 15.1. The lowest BCUT2D eigenvalue weighted by atomic mass is 10.1. The second kappa shape index (κ2) is 6.45. The van der Waals surface area contributed by atoms with E-state index in [1.807, 2.05) is 6.07 Å². The molecule has 1 aliphatic rings. The molecule has 0 amide bonds. The maximum atomic E-state index is 12.0. The summed E-state index contributed by atoms with van der Waals surface area (Å²) in [5, 5.41) is 0. The zero-order valence-electron chi connectivity index (χ0n) is 11.7. The van der Waals surface area contributed by atoms with Crippen LogP contribution >= 0.6 is 0 Å². The van der Waals surface area contributed by atoms with Crippen LogP contribution in [0.5, 0.6) is 5.75 Å². The summed E-state index contributed by atoms with van der Waals surface area (Å²) >= 11 is 0. The van der Waals surface area contributed by atoms with Crippen LogP contribution in [-0.2, 0) is 10.0 Å². The van der Waals surface area contributed by atoms with Gasteiger partial charge in [-0.1, -0.05) is 25.5 Å². The Morgan fingerprint density at radius 3 is 2.75 bits per heavy atom. The number of nitrogen functional groups attached to an aromatic ring is 1. The van der Waals surface area contributed by atoms with Crippen LogP contribution < -0.4 is 15.2 Å². The lowest BCUT2D eigenvalue weighted by Crippen LogP contribution is -2.39. The lowest BCUT2D eigenvalue weighted by molar-refractivity contribution is 0.341. The van der Waals surface area contributed by atoms with Crippen LogP contribution in [0, 0.1) is 5.92 Å². The normalized spacial score (nSPS) is 22.9. The van der Waals surface area contributed by atoms with Gasteiger partial charge in [0, 0.05) is 6.04 Å². The molecule has 1 aliphatic carbocycles. The Hall–Kier alpha value is -1.27. The second-order valence-corrected chi connectivity index (χ2v) is 7.21. The molecule has 2 atom stereocenters. The number of benzene rings is 1. The number of hydrogen-bond donors (Lipinski definition) is 2. The summed E-state index contributed by atoms with van der Waals surface area (Å²) in [5.74, 6) is 0.886. The molecule has 20 heavy (non-hydrogen) atoms. The quantitative estimate of drug-likeness (QED) is 0.784. The molecule has 112 valence electrons. The van der Waals surface area contributed by atoms with E-state index in [-0.39, 0.29) is 18.4 Å². The highest BCUT2D eigenvalue weighted by Gasteiger charge is 2.27. The molecule has 2 rings (SSSR count). The van der Waals surface area contributed by atoms with E-state index in [1.54, 1.807) is 18.2 Å². The molecule has 2 unspecified atom stereocenters. The molecule has 0 radical (unpaired) electrons. The van der Waals surface area contributed by atoms with Crippen molar-refractivity contribution in [3.05, 3.63) is 24.3 Å². The van der Waals surface area contributed by atoms with Gasteiger partial charge in [-0.3, -0.25) is 0 Å². The third-order valence-corrected chi connectivity index (χ3v) is 5.09. The van der Waals surface area contributed by atoms with Gasteiger partial charge in [-0.05, 0) is 30.9 Å². The molecule has 0 aliphatic heterocycles. The van der Waals surface area contributed by atoms with Crippen LogP contribution in [0.4, 0.5) is 5.69 Å². The molecule has 0 bridgehead atoms. The standard InChI is InChI=1S/C14H22N2O3S/c1-11-5-4-7-13(11)16-20(17,18)10-9-19-14-8-3-2-6-12(14)15/h2-3,6,8,11,13,16H,4-5,7,9-10,15H2,1H3. The third-order valence-electron chi connectivity index (χ3n) is 3.72. The fourth-order valence-corrected chi connectivity index (χ4v) is 3.72. The van der Waals surface area contributed by atoms with Crippen molar-refractivity contribution in [2.45, 2.75) is 32.2 Å². The van der Waals surface area contributed by atoms with Crippen molar-refractivity contribution in [2.75, 3.05) is 18.1 Å². The first-order valence-electron chi connectivity index (χ1n) is 6.95. The minimum Gasteiger partial charge on any atom is -0.490 e. The second-order valence-electron chi connectivity index (χ2n) is 5.34. The predicted octanol–water partition coefficient (Wildman–Crippen LogP) is 1.76. The van der Waals surface area contributed by atoms with Crippen molar-refractivity contribution in [2.24, 2.45) is 5.92 Å². The number of rotatable bonds is 6. The minimum atomic E-state index is -3.30. The van der Waals surface area contributed by atoms with Crippen LogP contribution in [0.1, 0.15) is 26.2 Å². The van der Waals surface area contributed by atoms with Crippen molar-refractivity contribution >= 4 is 15.7 Å². The van der Waals surface area contributed by atoms with Gasteiger partial charge in [0.15, 0.2) is 0 Å². The number of ether oxygens (including phenoxy) is 1. The van der Waals surface area contributed by atoms with E-state index in [2.05, 4.69) is 11.6 Å². The van der Waals surface area contributed by atoms with Crippen molar-refractivity contribution in [1.29, 1.82) is 0 Å². The van der Waals surface area contributed by atoms with E-state index in [0.717, 1.165) is 19.3 Å². The summed E-state index contributed by atoms with van der Waals surface area (Å²) in [4.78, 5) is 0. The van der Waals surface area contributed by atoms with E-state index in [9.17, 15) is 8.42 Å². The summed E-state index contributed by atoms with van der Waals surface area (Å²) in [6.07, 6.45) is 3.10. The van der Waals surface area contributed by atoms with Crippen LogP contribution in [0.15, 0.2) is 24.3 Å². The molecule has 6 heteroatoms. The number of nitrogens with two attached hydrogens (primary N) is 1. The molecule has 1 saturated carbocycles. The van der Waals surface area contributed by atoms with Crippen LogP contribution in [0.3, 0.4) is 0 Å². The zero-order chi connectivity index (χ0) is 14.6. The molecule has 1 aromatic rings. The molecule has 0 aromatic heterocycles. The fraction of sp³-hybridized carbons (Fsp3) is 0.571. The summed E-state index contributed by atoms with van der Waals surface area (Å²) in [7, 11) is -3.30. The van der Waals surface area contributed by atoms with Crippen molar-refractivity contribution < 1.29 is 13.2 Å². The maximum absolute atomic E-state index is 12.0. The molecule has 5 nitrogen and oxygen atoms in total. The third kappa shape index (κ3) is 4.11. The SMILES string of the molecule is CC1CCCC1NS(=O)(=O)CCOc1ccccc1N. The van der Waals surface area contributed by atoms with Gasteiger partial charge in [-0.25, -0.2) is 13.1 Å². The van der Waals surface area contributed by atoms with E-state index in [4.69, 9.17) is 10.5 Å². The number of hydrogen-bond acceptors (Lipinski definition) is 4. The van der Waals surface area contributed by atoms with Gasteiger partial charge in [0.25, 0.3) is 0 Å². The van der Waals surface area contributed by atoms with Gasteiger partial charge >= 0.3 is 0 Å². The lowest BCUT2D eigenvalue weighted by Gasteiger charge is -2.17. The molecule has 1 fully saturated rings. The Kier molecular flexibility index (Phi) is 4.88. The highest BCUT2D eigenvalue weighted by Crippen LogP contribution is 2.25. The number of nitrogens with one attached hydrogen (secondary N) is 1. The smallest absolute Gasteiger partial charge is 0.215 e. The highest BCUT2D eigenvalue weighted by atomic mass is 32.2. The van der Waals surface area contributed by atoms with Crippen molar-refractivity contribution in [3.63, 3.8) is 0 Å². The Morgan fingerprint density at radius 2 is 2.10 bits per heavy atom. The Bertz CT molecular complexity index is 545. The van der Waals surface area contributed by atoms with Gasteiger partial charge in [-0.15, -0.1) is 0 Å². The Morgan fingerprint density at radius 1 is 1.35 bits per heavy atom. The zero-order valence-corrected chi connectivity index (χ0v) is 12.5. The average molecular weight is 298 g/mol. The molecule has 0 spiro atoms. The van der Waals surface area contributed by atoms with Crippen molar-refractivity contribution in [1.82, 2.24) is 4.72 Å². The van der Waals surface area contributed by atoms with E-state index >= 15 is 0 Å². The van der Waals surface area contributed by atoms with E-state index < -0.39 is 10.0 Å². The molecule has 1 aromatic carbocycles. The van der Waals surface area contributed by atoms with Crippen molar-refractivity contribution in [3.8, 4) is 5.75 Å². The topological polar surface area (TPSA) is 81.4 Å². The summed E-state index contributed by atoms with van der Waals surface area (Å²) < 4.78 is 32.2. The number of para-hydroxylation sites is 2. The molecule has 0 heterocycles. The summed E-state index contributed by atoms with van der Waals surface area (Å²) in [6.45, 7) is 2.19. The average Bonchev–Trinajstić information content (AvgIpc) is 2.77. The Labute approximate surface area is 120 Å². The van der Waals surface area contributed by atoms with Crippen LogP contribution in [0.2, 0.25) is 0 Å². The molecular formula is C14H22N2O3S. The van der Waals surface area contributed by atoms with Crippen LogP contribution in [-0.4, -0.2) is 26.8 Å². The first-order valence-corrected chi connectivity index (χ1v) is 8.60. The fourth-order valence-electron chi connectivity index (χ4n) is 2.48. The van der Waals surface area contributed by atoms with E-state index in [1.165, 1.54) is 0 Å². The Balaban J connectivity index is 1.82. The minimum absolute atomic E-state index is 0.0510. The maximum Gasteiger partial charge on any atom is 0.215 e. The summed E-state index contributed by atoms with van der Waals surface area (Å²) in [6, 6.07) is 7.14. The summed E-state index contributed by atoms with van der Waals surface area (Å²) in [5.41, 5.74) is 6.25. The van der Waals surface area contributed by atoms with Gasteiger partial charge in [0.05, 0.1) is 11.4 Å². The van der Waals surface area contributed by atoms with Gasteiger partial charge in [0.2, 0.25) is 10.0 Å². The van der Waals surface area contributed by atoms with E-state index in [0.29, 0.717) is 17.4 Å². The van der Waals surface area contributed by atoms with Crippen LogP contribution in [0.25, 0.3) is 0 Å². The van der Waals surface area contributed by atoms with Gasteiger partial charge < -0.3 is 10.5 Å². The molecule has 3 N–H and O–H groups in total. The number of anilines is 1. The largest absolute Gasteiger partial charge is 0.490 e. The molecular weight excluding hydrogens is 276 g/mol. The van der Waals surface area contributed by atoms with Gasteiger partial charge in [-0.2, -0.15) is 0 Å². The van der Waals surface area contributed by atoms with Gasteiger partial charge in [0.1, 0.15) is 12.4 Å². The monoisotopic (exact) mass is 298 g/mol. The first-order chi connectivity index (χ1) is 9.48. The molecule has 0 saturated heterocycles.